The Balaban J connectivity index is 0.00000256. The van der Waals surface area contributed by atoms with Crippen molar-refractivity contribution < 1.29 is 14.6 Å². The first kappa shape index (κ1) is 22.2. The van der Waals surface area contributed by atoms with Crippen molar-refractivity contribution in [1.82, 2.24) is 0 Å². The summed E-state index contributed by atoms with van der Waals surface area (Å²) in [4.78, 5) is 12.8. The van der Waals surface area contributed by atoms with Crippen molar-refractivity contribution in [2.24, 2.45) is 5.73 Å². The van der Waals surface area contributed by atoms with Crippen LogP contribution in [0, 0.1) is 0 Å². The molecule has 3 aromatic rings. The fraction of sp³-hybridized carbons (Fsp3) is 0.208. The average molecular weight is 442 g/mol. The summed E-state index contributed by atoms with van der Waals surface area (Å²) >= 11 is 1.70. The minimum Gasteiger partial charge on any atom is -0.480 e. The number of carboxylic acids is 1. The SMILES string of the molecule is CSc1cccc(-c2ccccc2Oc2ccc3c(c2)CC(N)(C(=O)O)CC3)c1.Cl. The molecular formula is C24H24ClNO3S. The molecule has 1 unspecified atom stereocenters. The monoisotopic (exact) mass is 441 g/mol. The first-order valence-corrected chi connectivity index (χ1v) is 10.8. The number of hydrogen-bond donors (Lipinski definition) is 2. The number of rotatable bonds is 5. The molecule has 6 heteroatoms. The van der Waals surface area contributed by atoms with Crippen LogP contribution >= 0.6 is 24.2 Å². The molecule has 0 aliphatic heterocycles. The maximum Gasteiger partial charge on any atom is 0.324 e. The molecule has 0 amide bonds. The molecule has 1 aliphatic carbocycles. The molecule has 0 bridgehead atoms. The highest BCUT2D eigenvalue weighted by molar-refractivity contribution is 7.98. The van der Waals surface area contributed by atoms with Gasteiger partial charge in [-0.3, -0.25) is 4.79 Å². The molecule has 0 spiro atoms. The van der Waals surface area contributed by atoms with Gasteiger partial charge in [0.2, 0.25) is 0 Å². The van der Waals surface area contributed by atoms with Crippen LogP contribution < -0.4 is 10.5 Å². The Bertz CT molecular complexity index is 1070. The molecule has 1 atom stereocenters. The van der Waals surface area contributed by atoms with E-state index < -0.39 is 11.5 Å². The predicted octanol–water partition coefficient (Wildman–Crippen LogP) is 5.56. The second kappa shape index (κ2) is 9.13. The maximum atomic E-state index is 11.6. The predicted molar refractivity (Wildman–Crippen MR) is 124 cm³/mol. The Hall–Kier alpha value is -2.47. The van der Waals surface area contributed by atoms with Crippen molar-refractivity contribution in [1.29, 1.82) is 0 Å². The number of carbonyl (C=O) groups is 1. The Morgan fingerprint density at radius 1 is 1.07 bits per heavy atom. The van der Waals surface area contributed by atoms with Gasteiger partial charge in [0.15, 0.2) is 0 Å². The molecular weight excluding hydrogens is 418 g/mol. The average Bonchev–Trinajstić information content (AvgIpc) is 2.74. The van der Waals surface area contributed by atoms with Crippen LogP contribution in [0.15, 0.2) is 71.6 Å². The quantitative estimate of drug-likeness (QED) is 0.507. The van der Waals surface area contributed by atoms with E-state index >= 15 is 0 Å². The summed E-state index contributed by atoms with van der Waals surface area (Å²) in [6.07, 6.45) is 3.48. The number of ether oxygens (including phenoxy) is 1. The first-order chi connectivity index (χ1) is 14.0. The lowest BCUT2D eigenvalue weighted by Crippen LogP contribution is -2.52. The maximum absolute atomic E-state index is 11.6. The number of hydrogen-bond acceptors (Lipinski definition) is 4. The van der Waals surface area contributed by atoms with Crippen molar-refractivity contribution in [3.63, 3.8) is 0 Å². The molecule has 0 fully saturated rings. The summed E-state index contributed by atoms with van der Waals surface area (Å²) in [6, 6.07) is 22.2. The number of para-hydroxylation sites is 1. The zero-order valence-electron chi connectivity index (χ0n) is 16.6. The number of carboxylic acid groups (broad SMARTS) is 1. The topological polar surface area (TPSA) is 72.5 Å². The molecule has 3 N–H and O–H groups in total. The molecule has 3 aromatic carbocycles. The van der Waals surface area contributed by atoms with E-state index in [9.17, 15) is 9.90 Å². The highest BCUT2D eigenvalue weighted by atomic mass is 35.5. The second-order valence-corrected chi connectivity index (χ2v) is 8.28. The largest absolute Gasteiger partial charge is 0.480 e. The Morgan fingerprint density at radius 3 is 2.63 bits per heavy atom. The number of fused-ring (bicyclic) bond motifs is 1. The molecule has 156 valence electrons. The van der Waals surface area contributed by atoms with Gasteiger partial charge in [0.05, 0.1) is 0 Å². The fourth-order valence-corrected chi connectivity index (χ4v) is 4.21. The van der Waals surface area contributed by atoms with Crippen molar-refractivity contribution in [3.8, 4) is 22.6 Å². The standard InChI is InChI=1S/C24H23NO3S.ClH/c1-29-20-6-4-5-17(14-20)21-7-2-3-8-22(21)28-19-10-9-16-11-12-24(25,23(26)27)15-18(16)13-19;/h2-10,13-14H,11-12,15,25H2,1H3,(H,26,27);1H. The van der Waals surface area contributed by atoms with Gasteiger partial charge < -0.3 is 15.6 Å². The Kier molecular flexibility index (Phi) is 6.76. The zero-order valence-corrected chi connectivity index (χ0v) is 18.3. The number of thioether (sulfide) groups is 1. The van der Waals surface area contributed by atoms with Gasteiger partial charge in [-0.2, -0.15) is 0 Å². The molecule has 0 aromatic heterocycles. The lowest BCUT2D eigenvalue weighted by atomic mass is 9.78. The van der Waals surface area contributed by atoms with Gasteiger partial charge in [0.25, 0.3) is 0 Å². The number of benzene rings is 3. The van der Waals surface area contributed by atoms with Crippen molar-refractivity contribution in [2.75, 3.05) is 6.26 Å². The minimum absolute atomic E-state index is 0. The Labute approximate surface area is 186 Å². The molecule has 30 heavy (non-hydrogen) atoms. The summed E-state index contributed by atoms with van der Waals surface area (Å²) in [6.45, 7) is 0. The summed E-state index contributed by atoms with van der Waals surface area (Å²) in [5, 5.41) is 9.47. The lowest BCUT2D eigenvalue weighted by molar-refractivity contribution is -0.143. The number of nitrogens with two attached hydrogens (primary N) is 1. The van der Waals surface area contributed by atoms with Gasteiger partial charge in [-0.05, 0) is 66.1 Å². The molecule has 0 radical (unpaired) electrons. The van der Waals surface area contributed by atoms with Gasteiger partial charge in [-0.1, -0.05) is 36.4 Å². The van der Waals surface area contributed by atoms with E-state index in [1.165, 1.54) is 4.90 Å². The van der Waals surface area contributed by atoms with Crippen LogP contribution in [-0.4, -0.2) is 22.9 Å². The summed E-state index contributed by atoms with van der Waals surface area (Å²) in [5.41, 5.74) is 9.09. The van der Waals surface area contributed by atoms with Gasteiger partial charge in [0, 0.05) is 16.9 Å². The second-order valence-electron chi connectivity index (χ2n) is 7.40. The zero-order chi connectivity index (χ0) is 20.4. The normalized spacial score (nSPS) is 17.5. The summed E-state index contributed by atoms with van der Waals surface area (Å²) in [5.74, 6) is 0.499. The summed E-state index contributed by atoms with van der Waals surface area (Å²) < 4.78 is 6.24. The highest BCUT2D eigenvalue weighted by Gasteiger charge is 2.37. The van der Waals surface area contributed by atoms with Gasteiger partial charge in [-0.25, -0.2) is 0 Å². The van der Waals surface area contributed by atoms with Crippen LogP contribution in [0.3, 0.4) is 0 Å². The van der Waals surface area contributed by atoms with Crippen LogP contribution in [0.4, 0.5) is 0 Å². The van der Waals surface area contributed by atoms with Crippen LogP contribution in [0.25, 0.3) is 11.1 Å². The number of halogens is 1. The van der Waals surface area contributed by atoms with E-state index in [4.69, 9.17) is 10.5 Å². The minimum atomic E-state index is -1.21. The van der Waals surface area contributed by atoms with Gasteiger partial charge in [-0.15, -0.1) is 24.2 Å². The molecule has 0 saturated carbocycles. The molecule has 0 saturated heterocycles. The van der Waals surface area contributed by atoms with Gasteiger partial charge >= 0.3 is 5.97 Å². The van der Waals surface area contributed by atoms with E-state index in [2.05, 4.69) is 24.5 Å². The molecule has 0 heterocycles. The van der Waals surface area contributed by atoms with E-state index in [1.54, 1.807) is 11.8 Å². The van der Waals surface area contributed by atoms with Crippen LogP contribution in [0.1, 0.15) is 17.5 Å². The van der Waals surface area contributed by atoms with Crippen molar-refractivity contribution in [2.45, 2.75) is 29.7 Å². The summed E-state index contributed by atoms with van der Waals surface area (Å²) in [7, 11) is 0. The molecule has 1 aliphatic rings. The van der Waals surface area contributed by atoms with Crippen molar-refractivity contribution >= 4 is 30.1 Å². The van der Waals surface area contributed by atoms with E-state index in [0.717, 1.165) is 28.0 Å². The van der Waals surface area contributed by atoms with E-state index in [0.29, 0.717) is 25.0 Å². The van der Waals surface area contributed by atoms with Crippen LogP contribution in [-0.2, 0) is 17.6 Å². The first-order valence-electron chi connectivity index (χ1n) is 9.54. The third kappa shape index (κ3) is 4.48. The molecule has 4 rings (SSSR count). The third-order valence-electron chi connectivity index (χ3n) is 5.45. The molecule has 4 nitrogen and oxygen atoms in total. The third-order valence-corrected chi connectivity index (χ3v) is 6.17. The Morgan fingerprint density at radius 2 is 1.87 bits per heavy atom. The van der Waals surface area contributed by atoms with Crippen molar-refractivity contribution in [3.05, 3.63) is 77.9 Å². The lowest BCUT2D eigenvalue weighted by Gasteiger charge is -2.31. The number of aryl methyl sites for hydroxylation is 1. The smallest absolute Gasteiger partial charge is 0.324 e. The number of aliphatic carboxylic acids is 1. The highest BCUT2D eigenvalue weighted by Crippen LogP contribution is 2.36. The van der Waals surface area contributed by atoms with Crippen LogP contribution in [0.2, 0.25) is 0 Å². The fourth-order valence-electron chi connectivity index (χ4n) is 3.75. The van der Waals surface area contributed by atoms with E-state index in [-0.39, 0.29) is 12.4 Å². The van der Waals surface area contributed by atoms with E-state index in [1.807, 2.05) is 48.5 Å². The van der Waals surface area contributed by atoms with Gasteiger partial charge in [0.1, 0.15) is 17.0 Å². The van der Waals surface area contributed by atoms with Crippen LogP contribution in [0.5, 0.6) is 11.5 Å².